The van der Waals surface area contributed by atoms with Crippen LogP contribution in [0, 0.1) is 0 Å². The topological polar surface area (TPSA) is 58.2 Å². The van der Waals surface area contributed by atoms with E-state index in [4.69, 9.17) is 0 Å². The van der Waals surface area contributed by atoms with Crippen molar-refractivity contribution in [2.24, 2.45) is 0 Å². The lowest BCUT2D eigenvalue weighted by atomic mass is 11.0. The maximum atomic E-state index is 10.1. The van der Waals surface area contributed by atoms with Crippen molar-refractivity contribution in [3.8, 4) is 0 Å². The Balaban J connectivity index is 2.88. The zero-order chi connectivity index (χ0) is 5.33. The third-order valence-corrected chi connectivity index (χ3v) is 1.42. The van der Waals surface area contributed by atoms with Gasteiger partial charge in [0.1, 0.15) is 0 Å². The normalized spacial score (nSPS) is 23.4. The molecule has 0 aromatic rings. The van der Waals surface area contributed by atoms with E-state index in [1.807, 2.05) is 0 Å². The zero-order valence-electron chi connectivity index (χ0n) is 3.38. The van der Waals surface area contributed by atoms with E-state index >= 15 is 0 Å². The summed E-state index contributed by atoms with van der Waals surface area (Å²) in [6.45, 7) is 0. The van der Waals surface area contributed by atoms with Crippen LogP contribution in [-0.4, -0.2) is 8.42 Å². The van der Waals surface area contributed by atoms with Gasteiger partial charge in [-0.15, -0.1) is 0 Å². The number of hydrogen-bond acceptors (Lipinski definition) is 2. The quantitative estimate of drug-likeness (QED) is 0.426. The summed E-state index contributed by atoms with van der Waals surface area (Å²) in [6.07, 6.45) is 2.63. The van der Waals surface area contributed by atoms with E-state index < -0.39 is 10.2 Å². The molecule has 7 heavy (non-hydrogen) atoms. The highest BCUT2D eigenvalue weighted by Crippen LogP contribution is 1.82. The van der Waals surface area contributed by atoms with Crippen LogP contribution in [0.3, 0.4) is 0 Å². The van der Waals surface area contributed by atoms with E-state index in [9.17, 15) is 8.42 Å². The molecule has 0 bridgehead atoms. The lowest BCUT2D eigenvalue weighted by molar-refractivity contribution is 0.589. The predicted octanol–water partition coefficient (Wildman–Crippen LogP) is -1.10. The van der Waals surface area contributed by atoms with E-state index in [-0.39, 0.29) is 0 Å². The molecule has 0 unspecified atom stereocenters. The first-order valence-corrected chi connectivity index (χ1v) is 3.14. The van der Waals surface area contributed by atoms with E-state index in [0.29, 0.717) is 0 Å². The third kappa shape index (κ3) is 0.833. The predicted molar refractivity (Wildman–Crippen MR) is 24.3 cm³/mol. The Bertz CT molecular complexity index is 166. The summed E-state index contributed by atoms with van der Waals surface area (Å²) in [6, 6.07) is 0. The van der Waals surface area contributed by atoms with Gasteiger partial charge in [-0.2, -0.15) is 8.42 Å². The highest BCUT2D eigenvalue weighted by atomic mass is 32.2. The van der Waals surface area contributed by atoms with E-state index in [0.717, 1.165) is 0 Å². The van der Waals surface area contributed by atoms with Crippen molar-refractivity contribution in [2.75, 3.05) is 0 Å². The molecular weight excluding hydrogens is 116 g/mol. The van der Waals surface area contributed by atoms with Crippen LogP contribution in [0.25, 0.3) is 0 Å². The molecule has 1 aliphatic rings. The second kappa shape index (κ2) is 1.13. The van der Waals surface area contributed by atoms with Gasteiger partial charge in [-0.1, -0.05) is 0 Å². The second-order valence-electron chi connectivity index (χ2n) is 1.07. The number of rotatable bonds is 0. The fourth-order valence-electron chi connectivity index (χ4n) is 0.281. The molecular formula is C2H4N2O2S. The molecule has 0 aliphatic carbocycles. The van der Waals surface area contributed by atoms with Crippen molar-refractivity contribution >= 4 is 10.2 Å². The molecule has 4 nitrogen and oxygen atoms in total. The summed E-state index contributed by atoms with van der Waals surface area (Å²) in [7, 11) is -3.16. The molecule has 0 fully saturated rings. The van der Waals surface area contributed by atoms with Gasteiger partial charge in [0, 0.05) is 12.4 Å². The molecule has 0 aromatic heterocycles. The van der Waals surface area contributed by atoms with Crippen molar-refractivity contribution in [2.45, 2.75) is 0 Å². The van der Waals surface area contributed by atoms with Crippen molar-refractivity contribution in [1.82, 2.24) is 9.44 Å². The minimum absolute atomic E-state index is 1.31. The third-order valence-electron chi connectivity index (χ3n) is 0.530. The van der Waals surface area contributed by atoms with Crippen LogP contribution in [0.5, 0.6) is 0 Å². The molecule has 0 saturated heterocycles. The standard InChI is InChI=1S/C2H4N2O2S/c5-7(6)3-1-2-4-7/h1-4H. The lowest BCUT2D eigenvalue weighted by Gasteiger charge is -1.89. The van der Waals surface area contributed by atoms with Crippen LogP contribution in [0.2, 0.25) is 0 Å². The fraction of sp³-hybridized carbons (Fsp3) is 0. The Morgan fingerprint density at radius 1 is 1.14 bits per heavy atom. The molecule has 1 aliphatic heterocycles. The summed E-state index contributed by atoms with van der Waals surface area (Å²) < 4.78 is 24.4. The Labute approximate surface area is 41.4 Å². The van der Waals surface area contributed by atoms with Gasteiger partial charge >= 0.3 is 10.2 Å². The molecule has 0 radical (unpaired) electrons. The minimum atomic E-state index is -3.16. The first kappa shape index (κ1) is 4.45. The molecule has 1 rings (SSSR count). The SMILES string of the molecule is O=S1(=O)NC=CN1. The molecule has 0 saturated carbocycles. The van der Waals surface area contributed by atoms with Crippen LogP contribution in [0.1, 0.15) is 0 Å². The lowest BCUT2D eigenvalue weighted by Crippen LogP contribution is -2.22. The molecule has 2 N–H and O–H groups in total. The van der Waals surface area contributed by atoms with E-state index in [1.165, 1.54) is 12.4 Å². The Morgan fingerprint density at radius 3 is 1.71 bits per heavy atom. The maximum Gasteiger partial charge on any atom is 0.320 e. The Morgan fingerprint density at radius 2 is 1.57 bits per heavy atom. The van der Waals surface area contributed by atoms with Crippen molar-refractivity contribution in [1.29, 1.82) is 0 Å². The van der Waals surface area contributed by atoms with Crippen LogP contribution >= 0.6 is 0 Å². The molecule has 1 heterocycles. The summed E-state index contributed by atoms with van der Waals surface area (Å²) in [5, 5.41) is 0. The van der Waals surface area contributed by atoms with Gasteiger partial charge < -0.3 is 0 Å². The fourth-order valence-corrected chi connectivity index (χ4v) is 0.844. The number of hydrogen-bond donors (Lipinski definition) is 2. The average Bonchev–Trinajstić information content (AvgIpc) is 1.84. The highest BCUT2D eigenvalue weighted by molar-refractivity contribution is 7.87. The number of nitrogens with one attached hydrogen (secondary N) is 2. The van der Waals surface area contributed by atoms with Crippen LogP contribution in [0.15, 0.2) is 12.4 Å². The van der Waals surface area contributed by atoms with Crippen LogP contribution in [0.4, 0.5) is 0 Å². The van der Waals surface area contributed by atoms with E-state index in [2.05, 4.69) is 9.44 Å². The molecule has 0 atom stereocenters. The highest BCUT2D eigenvalue weighted by Gasteiger charge is 2.05. The second-order valence-corrected chi connectivity index (χ2v) is 2.55. The van der Waals surface area contributed by atoms with Crippen molar-refractivity contribution < 1.29 is 8.42 Å². The monoisotopic (exact) mass is 120 g/mol. The largest absolute Gasteiger partial charge is 0.320 e. The Hall–Kier alpha value is -0.710. The van der Waals surface area contributed by atoms with Crippen molar-refractivity contribution in [3.63, 3.8) is 0 Å². The van der Waals surface area contributed by atoms with E-state index in [1.54, 1.807) is 0 Å². The Kier molecular flexibility index (Phi) is 0.717. The van der Waals surface area contributed by atoms with Gasteiger partial charge in [-0.3, -0.25) is 9.44 Å². The maximum absolute atomic E-state index is 10.1. The molecule has 0 aromatic carbocycles. The molecule has 40 valence electrons. The molecule has 5 heteroatoms. The van der Waals surface area contributed by atoms with Crippen LogP contribution in [-0.2, 0) is 10.2 Å². The smallest absolute Gasteiger partial charge is 0.272 e. The summed E-state index contributed by atoms with van der Waals surface area (Å²) >= 11 is 0. The summed E-state index contributed by atoms with van der Waals surface area (Å²) in [5.74, 6) is 0. The van der Waals surface area contributed by atoms with Gasteiger partial charge in [0.15, 0.2) is 0 Å². The molecule has 0 spiro atoms. The van der Waals surface area contributed by atoms with Gasteiger partial charge in [-0.25, -0.2) is 0 Å². The van der Waals surface area contributed by atoms with Crippen LogP contribution < -0.4 is 9.44 Å². The zero-order valence-corrected chi connectivity index (χ0v) is 4.20. The average molecular weight is 120 g/mol. The summed E-state index contributed by atoms with van der Waals surface area (Å²) in [4.78, 5) is 0. The summed E-state index contributed by atoms with van der Waals surface area (Å²) in [5.41, 5.74) is 0. The first-order chi connectivity index (χ1) is 3.21. The van der Waals surface area contributed by atoms with Gasteiger partial charge in [0.25, 0.3) is 0 Å². The van der Waals surface area contributed by atoms with Gasteiger partial charge in [0.05, 0.1) is 0 Å². The minimum Gasteiger partial charge on any atom is -0.272 e. The van der Waals surface area contributed by atoms with Gasteiger partial charge in [0.2, 0.25) is 0 Å². The first-order valence-electron chi connectivity index (χ1n) is 1.65. The van der Waals surface area contributed by atoms with Gasteiger partial charge in [-0.05, 0) is 0 Å². The van der Waals surface area contributed by atoms with Crippen molar-refractivity contribution in [3.05, 3.63) is 12.4 Å². The molecule has 0 amide bonds.